The number of benzene rings is 1. The summed E-state index contributed by atoms with van der Waals surface area (Å²) in [6, 6.07) is 2.24. The van der Waals surface area contributed by atoms with Gasteiger partial charge < -0.3 is 14.0 Å². The summed E-state index contributed by atoms with van der Waals surface area (Å²) < 4.78 is 21.0. The van der Waals surface area contributed by atoms with E-state index in [2.05, 4.69) is 67.7 Å². The van der Waals surface area contributed by atoms with Crippen molar-refractivity contribution < 1.29 is 15.3 Å². The Labute approximate surface area is 164 Å². The van der Waals surface area contributed by atoms with Crippen LogP contribution in [0.3, 0.4) is 0 Å². The molecule has 1 aromatic rings. The molecule has 0 radical (unpaired) electrons. The van der Waals surface area contributed by atoms with Gasteiger partial charge in [0.2, 0.25) is 0 Å². The Morgan fingerprint density at radius 2 is 1.27 bits per heavy atom. The highest BCUT2D eigenvalue weighted by molar-refractivity contribution is 6.74. The molecule has 0 heterocycles. The molecule has 0 spiro atoms. The van der Waals surface area contributed by atoms with E-state index in [1.54, 1.807) is 0 Å². The first-order valence-electron chi connectivity index (χ1n) is 9.99. The molecular formula is C21H40O3Si2. The van der Waals surface area contributed by atoms with Crippen LogP contribution in [0.4, 0.5) is 0 Å². The Hall–Kier alpha value is -0.626. The van der Waals surface area contributed by atoms with Gasteiger partial charge in [0.15, 0.2) is 16.6 Å². The second-order valence-electron chi connectivity index (χ2n) is 10.4. The fourth-order valence-electron chi connectivity index (χ4n) is 2.02. The van der Waals surface area contributed by atoms with Crippen molar-refractivity contribution in [2.24, 2.45) is 0 Å². The van der Waals surface area contributed by atoms with Gasteiger partial charge in [0.05, 0.1) is 14.6 Å². The van der Waals surface area contributed by atoms with E-state index >= 15 is 0 Å². The third kappa shape index (κ3) is 5.68. The van der Waals surface area contributed by atoms with Gasteiger partial charge >= 0.3 is 0 Å². The van der Waals surface area contributed by atoms with E-state index in [1.165, 1.54) is 0 Å². The third-order valence-corrected chi connectivity index (χ3v) is 15.1. The molecule has 0 aliphatic carbocycles. The highest BCUT2D eigenvalue weighted by Gasteiger charge is 2.38. The number of hydrogen-bond acceptors (Lipinski definition) is 3. The first-order valence-corrected chi connectivity index (χ1v) is 15.3. The number of aryl methyl sites for hydroxylation is 1. The fraction of sp³-hybridized carbons (Fsp3) is 0.714. The van der Waals surface area contributed by atoms with Crippen molar-refractivity contribution in [3.05, 3.63) is 28.8 Å². The predicted octanol–water partition coefficient (Wildman–Crippen LogP) is 6.74. The largest absolute Gasteiger partial charge is 0.507 e. The number of phenols is 1. The Morgan fingerprint density at radius 3 is 1.65 bits per heavy atom. The standard InChI is InChI=1S/C21H40O3Si2/c1-16-12-17(14-23-25(8,9)20(2,3)4)19(22)18(13-16)15-24-26(10,11)21(5,6)7/h12-13,22H,14-15H2,1-11H3/i12D. The molecule has 1 aromatic carbocycles. The van der Waals surface area contributed by atoms with Crippen LogP contribution in [0.5, 0.6) is 5.75 Å². The van der Waals surface area contributed by atoms with Crippen LogP contribution in [0.15, 0.2) is 12.1 Å². The molecular weight excluding hydrogens is 356 g/mol. The normalized spacial score (nSPS) is 14.5. The summed E-state index contributed by atoms with van der Waals surface area (Å²) in [4.78, 5) is 0. The molecule has 0 bridgehead atoms. The minimum absolute atomic E-state index is 0.0862. The molecule has 1 N–H and O–H groups in total. The van der Waals surface area contributed by atoms with Crippen LogP contribution in [0.1, 0.15) is 59.6 Å². The number of aromatic hydroxyl groups is 1. The van der Waals surface area contributed by atoms with E-state index in [0.717, 1.165) is 11.1 Å². The monoisotopic (exact) mass is 397 g/mol. The van der Waals surface area contributed by atoms with Crippen molar-refractivity contribution in [1.29, 1.82) is 0 Å². The second kappa shape index (κ2) is 7.78. The highest BCUT2D eigenvalue weighted by atomic mass is 28.4. The van der Waals surface area contributed by atoms with E-state index in [9.17, 15) is 5.11 Å². The Balaban J connectivity index is 3.12. The minimum atomic E-state index is -1.96. The maximum atomic E-state index is 10.8. The van der Waals surface area contributed by atoms with Crippen molar-refractivity contribution in [2.75, 3.05) is 0 Å². The zero-order chi connectivity index (χ0) is 21.4. The SMILES string of the molecule is [2H]c1c(C)cc(CO[Si](C)(C)C(C)(C)C)c(O)c1CO[Si](C)(C)C(C)(C)C. The molecule has 26 heavy (non-hydrogen) atoms. The predicted molar refractivity (Wildman–Crippen MR) is 117 cm³/mol. The van der Waals surface area contributed by atoms with Crippen LogP contribution in [0.2, 0.25) is 36.3 Å². The molecule has 0 aliphatic rings. The summed E-state index contributed by atoms with van der Waals surface area (Å²) in [5.74, 6) is 0.156. The van der Waals surface area contributed by atoms with E-state index in [4.69, 9.17) is 10.2 Å². The average molecular weight is 398 g/mol. The first-order chi connectivity index (χ1) is 11.9. The van der Waals surface area contributed by atoms with E-state index < -0.39 is 16.6 Å². The van der Waals surface area contributed by atoms with Gasteiger partial charge in [-0.1, -0.05) is 59.2 Å². The van der Waals surface area contributed by atoms with Crippen molar-refractivity contribution in [1.82, 2.24) is 0 Å². The van der Waals surface area contributed by atoms with Crippen LogP contribution >= 0.6 is 0 Å². The van der Waals surface area contributed by atoms with Crippen molar-refractivity contribution in [2.45, 2.75) is 97.9 Å². The third-order valence-electron chi connectivity index (χ3n) is 6.11. The summed E-state index contributed by atoms with van der Waals surface area (Å²) in [5, 5.41) is 11.0. The summed E-state index contributed by atoms with van der Waals surface area (Å²) in [5.41, 5.74) is 2.17. The molecule has 0 aromatic heterocycles. The van der Waals surface area contributed by atoms with E-state index in [0.29, 0.717) is 18.2 Å². The highest BCUT2D eigenvalue weighted by Crippen LogP contribution is 2.39. The van der Waals surface area contributed by atoms with Crippen molar-refractivity contribution in [3.8, 4) is 5.75 Å². The Bertz CT molecular complexity index is 671. The van der Waals surface area contributed by atoms with Crippen LogP contribution in [0, 0.1) is 6.92 Å². The molecule has 1 rings (SSSR count). The van der Waals surface area contributed by atoms with E-state index in [-0.39, 0.29) is 22.4 Å². The van der Waals surface area contributed by atoms with Gasteiger partial charge in [-0.05, 0) is 43.2 Å². The lowest BCUT2D eigenvalue weighted by Crippen LogP contribution is -2.40. The lowest BCUT2D eigenvalue weighted by Gasteiger charge is -2.37. The summed E-state index contributed by atoms with van der Waals surface area (Å²) in [6.45, 7) is 24.5. The number of phenolic OH excluding ortho intramolecular Hbond substituents is 1. The second-order valence-corrected chi connectivity index (χ2v) is 20.0. The average Bonchev–Trinajstić information content (AvgIpc) is 2.47. The number of hydrogen-bond donors (Lipinski definition) is 1. The molecule has 0 fully saturated rings. The summed E-state index contributed by atoms with van der Waals surface area (Å²) >= 11 is 0. The topological polar surface area (TPSA) is 38.7 Å². The summed E-state index contributed by atoms with van der Waals surface area (Å²) in [7, 11) is -3.88. The van der Waals surface area contributed by atoms with Gasteiger partial charge in [0.1, 0.15) is 5.75 Å². The molecule has 0 atom stereocenters. The zero-order valence-electron chi connectivity index (χ0n) is 19.8. The zero-order valence-corrected chi connectivity index (χ0v) is 20.8. The van der Waals surface area contributed by atoms with Gasteiger partial charge in [0, 0.05) is 11.1 Å². The first kappa shape index (κ1) is 21.7. The molecule has 0 saturated carbocycles. The molecule has 5 heteroatoms. The number of rotatable bonds is 6. The van der Waals surface area contributed by atoms with Gasteiger partial charge in [-0.15, -0.1) is 0 Å². The quantitative estimate of drug-likeness (QED) is 0.540. The molecule has 3 nitrogen and oxygen atoms in total. The smallest absolute Gasteiger partial charge is 0.192 e. The van der Waals surface area contributed by atoms with Crippen LogP contribution in [-0.2, 0) is 22.1 Å². The van der Waals surface area contributed by atoms with Crippen LogP contribution in [0.25, 0.3) is 0 Å². The molecule has 0 amide bonds. The summed E-state index contributed by atoms with van der Waals surface area (Å²) in [6.07, 6.45) is 0. The lowest BCUT2D eigenvalue weighted by molar-refractivity contribution is 0.260. The van der Waals surface area contributed by atoms with Gasteiger partial charge in [0.25, 0.3) is 0 Å². The fourth-order valence-corrected chi connectivity index (χ4v) is 3.90. The van der Waals surface area contributed by atoms with Gasteiger partial charge in [-0.3, -0.25) is 0 Å². The maximum Gasteiger partial charge on any atom is 0.192 e. The van der Waals surface area contributed by atoms with Crippen LogP contribution < -0.4 is 0 Å². The van der Waals surface area contributed by atoms with Crippen molar-refractivity contribution in [3.63, 3.8) is 0 Å². The molecule has 0 unspecified atom stereocenters. The van der Waals surface area contributed by atoms with Gasteiger partial charge in [-0.2, -0.15) is 0 Å². The maximum absolute atomic E-state index is 10.8. The van der Waals surface area contributed by atoms with Gasteiger partial charge in [-0.25, -0.2) is 0 Å². The molecule has 150 valence electrons. The Morgan fingerprint density at radius 1 is 0.885 bits per heavy atom. The van der Waals surface area contributed by atoms with Crippen molar-refractivity contribution >= 4 is 16.6 Å². The molecule has 0 saturated heterocycles. The van der Waals surface area contributed by atoms with E-state index in [1.807, 2.05) is 13.0 Å². The Kier molecular flexibility index (Phi) is 6.48. The lowest BCUT2D eigenvalue weighted by atomic mass is 10.1. The molecule has 0 aliphatic heterocycles. The minimum Gasteiger partial charge on any atom is -0.507 e. The van der Waals surface area contributed by atoms with Crippen LogP contribution in [-0.4, -0.2) is 21.7 Å².